The Balaban J connectivity index is 1.81. The van der Waals surface area contributed by atoms with E-state index in [0.717, 1.165) is 16.9 Å². The summed E-state index contributed by atoms with van der Waals surface area (Å²) in [5.74, 6) is -0.227. The minimum atomic E-state index is -0.959. The average molecular weight is 458 g/mol. The highest BCUT2D eigenvalue weighted by atomic mass is 35.5. The lowest BCUT2D eigenvalue weighted by Crippen LogP contribution is -2.23. The molecule has 1 aromatic heterocycles. The van der Waals surface area contributed by atoms with Gasteiger partial charge in [0.2, 0.25) is 0 Å². The fourth-order valence-electron chi connectivity index (χ4n) is 3.18. The zero-order chi connectivity index (χ0) is 22.4. The van der Waals surface area contributed by atoms with Crippen LogP contribution in [-0.2, 0) is 13.0 Å². The third-order valence-electron chi connectivity index (χ3n) is 4.81. The molecule has 0 aliphatic heterocycles. The first kappa shape index (κ1) is 22.7. The molecule has 0 amide bonds. The molecule has 160 valence electrons. The summed E-state index contributed by atoms with van der Waals surface area (Å²) in [5, 5.41) is 9.45. The molecule has 7 heteroatoms. The molecule has 2 aromatic carbocycles. The van der Waals surface area contributed by atoms with Crippen molar-refractivity contribution in [3.05, 3.63) is 97.4 Å². The number of rotatable bonds is 8. The Labute approximate surface area is 190 Å². The van der Waals surface area contributed by atoms with Gasteiger partial charge < -0.3 is 14.4 Å². The maximum Gasteiger partial charge on any atom is 0.335 e. The van der Waals surface area contributed by atoms with Gasteiger partial charge in [-0.1, -0.05) is 53.5 Å². The number of halogens is 2. The quantitative estimate of drug-likeness (QED) is 0.473. The molecule has 5 nitrogen and oxygen atoms in total. The summed E-state index contributed by atoms with van der Waals surface area (Å²) < 4.78 is 6.80. The van der Waals surface area contributed by atoms with Gasteiger partial charge in [0.15, 0.2) is 0 Å². The van der Waals surface area contributed by atoms with E-state index in [1.54, 1.807) is 42.0 Å². The largest absolute Gasteiger partial charge is 0.497 e. The van der Waals surface area contributed by atoms with E-state index in [1.165, 1.54) is 6.07 Å². The summed E-state index contributed by atoms with van der Waals surface area (Å²) in [4.78, 5) is 23.6. The Bertz CT molecular complexity index is 1170. The number of aryl methyl sites for hydroxylation is 1. The van der Waals surface area contributed by atoms with Gasteiger partial charge in [-0.3, -0.25) is 4.79 Å². The van der Waals surface area contributed by atoms with Crippen LogP contribution in [0.1, 0.15) is 33.6 Å². The monoisotopic (exact) mass is 457 g/mol. The number of carboxylic acids is 1. The minimum absolute atomic E-state index is 0.0642. The third kappa shape index (κ3) is 5.78. The van der Waals surface area contributed by atoms with Crippen LogP contribution < -0.4 is 10.3 Å². The normalized spacial score (nSPS) is 11.1. The zero-order valence-corrected chi connectivity index (χ0v) is 18.4. The second kappa shape index (κ2) is 10.3. The molecule has 0 saturated heterocycles. The summed E-state index contributed by atoms with van der Waals surface area (Å²) in [7, 11) is 1.60. The molecule has 0 atom stereocenters. The van der Waals surface area contributed by atoms with Crippen LogP contribution in [0, 0.1) is 0 Å². The molecule has 0 aliphatic carbocycles. The highest BCUT2D eigenvalue weighted by Gasteiger charge is 2.11. The van der Waals surface area contributed by atoms with Crippen LogP contribution in [0.2, 0.25) is 10.0 Å². The van der Waals surface area contributed by atoms with E-state index in [9.17, 15) is 9.59 Å². The minimum Gasteiger partial charge on any atom is -0.497 e. The first-order valence-corrected chi connectivity index (χ1v) is 10.4. The van der Waals surface area contributed by atoms with Gasteiger partial charge in [-0.2, -0.15) is 0 Å². The van der Waals surface area contributed by atoms with Gasteiger partial charge in [0, 0.05) is 6.54 Å². The van der Waals surface area contributed by atoms with Gasteiger partial charge in [-0.15, -0.1) is 0 Å². The molecule has 0 spiro atoms. The SMILES string of the molecule is COc1cccc(C=Cc2c(Cl)cc(Cl)c(=O)n2CCCc2ccc(C(=O)O)cc2)c1. The van der Waals surface area contributed by atoms with Crippen molar-refractivity contribution in [2.75, 3.05) is 7.11 Å². The summed E-state index contributed by atoms with van der Waals surface area (Å²) >= 11 is 12.5. The van der Waals surface area contributed by atoms with Gasteiger partial charge in [0.1, 0.15) is 10.8 Å². The van der Waals surface area contributed by atoms with Crippen molar-refractivity contribution in [2.45, 2.75) is 19.4 Å². The van der Waals surface area contributed by atoms with E-state index >= 15 is 0 Å². The maximum atomic E-state index is 12.7. The van der Waals surface area contributed by atoms with Crippen LogP contribution in [0.4, 0.5) is 0 Å². The van der Waals surface area contributed by atoms with Gasteiger partial charge in [-0.25, -0.2) is 4.79 Å². The Morgan fingerprint density at radius 2 is 1.81 bits per heavy atom. The highest BCUT2D eigenvalue weighted by molar-refractivity contribution is 6.35. The van der Waals surface area contributed by atoms with Crippen LogP contribution >= 0.6 is 23.2 Å². The molecule has 0 bridgehead atoms. The van der Waals surface area contributed by atoms with Gasteiger partial charge in [-0.05, 0) is 60.4 Å². The Hall–Kier alpha value is -3.02. The molecular formula is C24H21Cl2NO4. The third-order valence-corrected chi connectivity index (χ3v) is 5.39. The standard InChI is InChI=1S/C24H21Cl2NO4/c1-31-19-6-2-4-17(14-19)9-12-22-20(25)15-21(26)23(28)27(22)13-3-5-16-7-10-18(11-8-16)24(29)30/h2,4,6-12,14-15H,3,5,13H2,1H3,(H,29,30). The van der Waals surface area contributed by atoms with Crippen molar-refractivity contribution in [3.63, 3.8) is 0 Å². The van der Waals surface area contributed by atoms with E-state index in [-0.39, 0.29) is 16.1 Å². The molecule has 3 aromatic rings. The van der Waals surface area contributed by atoms with Gasteiger partial charge in [0.25, 0.3) is 5.56 Å². The zero-order valence-electron chi connectivity index (χ0n) is 16.8. The van der Waals surface area contributed by atoms with Gasteiger partial charge >= 0.3 is 5.97 Å². The molecule has 0 saturated carbocycles. The van der Waals surface area contributed by atoms with E-state index in [4.69, 9.17) is 33.0 Å². The fraction of sp³-hybridized carbons (Fsp3) is 0.167. The molecular weight excluding hydrogens is 437 g/mol. The first-order valence-electron chi connectivity index (χ1n) is 9.62. The lowest BCUT2D eigenvalue weighted by molar-refractivity contribution is 0.0697. The topological polar surface area (TPSA) is 68.5 Å². The molecule has 31 heavy (non-hydrogen) atoms. The molecule has 1 N–H and O–H groups in total. The predicted molar refractivity (Wildman–Crippen MR) is 124 cm³/mol. The van der Waals surface area contributed by atoms with Crippen LogP contribution in [0.3, 0.4) is 0 Å². The maximum absolute atomic E-state index is 12.7. The second-order valence-corrected chi connectivity index (χ2v) is 7.71. The summed E-state index contributed by atoms with van der Waals surface area (Å²) in [6, 6.07) is 15.7. The van der Waals surface area contributed by atoms with Crippen LogP contribution in [0.5, 0.6) is 5.75 Å². The highest BCUT2D eigenvalue weighted by Crippen LogP contribution is 2.22. The lowest BCUT2D eigenvalue weighted by Gasteiger charge is -2.13. The summed E-state index contributed by atoms with van der Waals surface area (Å²) in [5.41, 5.74) is 2.40. The van der Waals surface area contributed by atoms with Crippen molar-refractivity contribution in [2.24, 2.45) is 0 Å². The van der Waals surface area contributed by atoms with E-state index < -0.39 is 5.97 Å². The van der Waals surface area contributed by atoms with Crippen molar-refractivity contribution < 1.29 is 14.6 Å². The average Bonchev–Trinajstić information content (AvgIpc) is 2.77. The van der Waals surface area contributed by atoms with Crippen molar-refractivity contribution in [1.29, 1.82) is 0 Å². The van der Waals surface area contributed by atoms with Crippen molar-refractivity contribution in [1.82, 2.24) is 4.57 Å². The van der Waals surface area contributed by atoms with Crippen LogP contribution in [0.25, 0.3) is 12.2 Å². The van der Waals surface area contributed by atoms with Crippen LogP contribution in [-0.4, -0.2) is 22.8 Å². The number of hydrogen-bond acceptors (Lipinski definition) is 3. The number of hydrogen-bond donors (Lipinski definition) is 1. The number of aromatic carboxylic acids is 1. The summed E-state index contributed by atoms with van der Waals surface area (Å²) in [6.45, 7) is 0.414. The predicted octanol–water partition coefficient (Wildman–Crippen LogP) is 5.67. The van der Waals surface area contributed by atoms with E-state index in [1.807, 2.05) is 30.3 Å². The Morgan fingerprint density at radius 1 is 1.06 bits per heavy atom. The molecule has 0 unspecified atom stereocenters. The molecule has 1 heterocycles. The second-order valence-electron chi connectivity index (χ2n) is 6.90. The molecule has 0 radical (unpaired) electrons. The Kier molecular flexibility index (Phi) is 7.55. The molecule has 0 aliphatic rings. The number of pyridine rings is 1. The first-order chi connectivity index (χ1) is 14.9. The van der Waals surface area contributed by atoms with Crippen LogP contribution in [0.15, 0.2) is 59.4 Å². The molecule has 0 fully saturated rings. The number of ether oxygens (including phenoxy) is 1. The number of carbonyl (C=O) groups is 1. The number of carboxylic acid groups (broad SMARTS) is 1. The number of methoxy groups -OCH3 is 1. The van der Waals surface area contributed by atoms with Gasteiger partial charge in [0.05, 0.1) is 23.4 Å². The smallest absolute Gasteiger partial charge is 0.335 e. The number of benzene rings is 2. The van der Waals surface area contributed by atoms with Crippen molar-refractivity contribution >= 4 is 41.3 Å². The van der Waals surface area contributed by atoms with E-state index in [0.29, 0.717) is 30.1 Å². The summed E-state index contributed by atoms with van der Waals surface area (Å²) in [6.07, 6.45) is 4.98. The lowest BCUT2D eigenvalue weighted by atomic mass is 10.1. The molecule has 3 rings (SSSR count). The van der Waals surface area contributed by atoms with Crippen molar-refractivity contribution in [3.8, 4) is 5.75 Å². The number of nitrogens with zero attached hydrogens (tertiary/aromatic N) is 1. The van der Waals surface area contributed by atoms with E-state index in [2.05, 4.69) is 0 Å². The number of aromatic nitrogens is 1. The Morgan fingerprint density at radius 3 is 2.48 bits per heavy atom. The fourth-order valence-corrected chi connectivity index (χ4v) is 3.72.